The molecule has 1 fully saturated rings. The van der Waals surface area contributed by atoms with Gasteiger partial charge in [-0.15, -0.1) is 0 Å². The van der Waals surface area contributed by atoms with Crippen LogP contribution in [0.25, 0.3) is 0 Å². The molecular weight excluding hydrogens is 299 g/mol. The van der Waals surface area contributed by atoms with E-state index in [0.29, 0.717) is 19.0 Å². The van der Waals surface area contributed by atoms with Crippen molar-refractivity contribution < 1.29 is 23.1 Å². The third kappa shape index (κ3) is 4.25. The lowest BCUT2D eigenvalue weighted by molar-refractivity contribution is -0.154. The molecule has 1 saturated heterocycles. The lowest BCUT2D eigenvalue weighted by atomic mass is 9.98. The van der Waals surface area contributed by atoms with Crippen LogP contribution in [0, 0.1) is 5.92 Å². The number of amidine groups is 1. The fourth-order valence-electron chi connectivity index (χ4n) is 2.33. The van der Waals surface area contributed by atoms with Gasteiger partial charge in [0.15, 0.2) is 12.4 Å². The van der Waals surface area contributed by atoms with Gasteiger partial charge in [-0.1, -0.05) is 12.1 Å². The minimum absolute atomic E-state index is 0.189. The first-order chi connectivity index (χ1) is 10.4. The van der Waals surface area contributed by atoms with Gasteiger partial charge in [-0.05, 0) is 30.9 Å². The van der Waals surface area contributed by atoms with E-state index < -0.39 is 12.8 Å². The number of pyridine rings is 1. The highest BCUT2D eigenvalue weighted by molar-refractivity contribution is 6.00. The van der Waals surface area contributed by atoms with Gasteiger partial charge < -0.3 is 14.8 Å². The third-order valence-corrected chi connectivity index (χ3v) is 3.56. The summed E-state index contributed by atoms with van der Waals surface area (Å²) in [6.07, 6.45) is -1.26. The molecule has 22 heavy (non-hydrogen) atoms. The number of hydrogen-bond acceptors (Lipinski definition) is 4. The van der Waals surface area contributed by atoms with E-state index in [0.717, 1.165) is 12.8 Å². The quantitative estimate of drug-likeness (QED) is 0.403. The van der Waals surface area contributed by atoms with Gasteiger partial charge in [0, 0.05) is 19.3 Å². The molecule has 1 N–H and O–H groups in total. The molecule has 0 bridgehead atoms. The summed E-state index contributed by atoms with van der Waals surface area (Å²) in [5, 5.41) is 12.5. The molecule has 1 aliphatic rings. The van der Waals surface area contributed by atoms with Gasteiger partial charge in [0.1, 0.15) is 0 Å². The van der Waals surface area contributed by atoms with E-state index in [9.17, 15) is 18.4 Å². The van der Waals surface area contributed by atoms with Crippen molar-refractivity contribution in [1.82, 2.24) is 9.88 Å². The smallest absolute Gasteiger partial charge is 0.422 e. The highest BCUT2D eigenvalue weighted by Crippen LogP contribution is 2.24. The van der Waals surface area contributed by atoms with E-state index in [-0.39, 0.29) is 17.3 Å². The van der Waals surface area contributed by atoms with Crippen molar-refractivity contribution in [3.63, 3.8) is 0 Å². The van der Waals surface area contributed by atoms with Crippen LogP contribution in [0.3, 0.4) is 0 Å². The summed E-state index contributed by atoms with van der Waals surface area (Å²) in [7, 11) is 0. The van der Waals surface area contributed by atoms with E-state index in [4.69, 9.17) is 4.74 Å². The molecule has 0 atom stereocenters. The first-order valence-corrected chi connectivity index (χ1v) is 7.02. The molecule has 8 heteroatoms. The third-order valence-electron chi connectivity index (χ3n) is 3.56. The van der Waals surface area contributed by atoms with Crippen molar-refractivity contribution in [3.05, 3.63) is 23.9 Å². The Hall–Kier alpha value is -1.99. The van der Waals surface area contributed by atoms with Gasteiger partial charge in [-0.25, -0.2) is 4.98 Å². The number of aromatic nitrogens is 1. The lowest BCUT2D eigenvalue weighted by Crippen LogP contribution is -2.38. The van der Waals surface area contributed by atoms with Crippen LogP contribution < -0.4 is 4.74 Å². The summed E-state index contributed by atoms with van der Waals surface area (Å²) >= 11 is 0. The van der Waals surface area contributed by atoms with Crippen LogP contribution in [-0.4, -0.2) is 46.8 Å². The molecule has 2 heterocycles. The summed E-state index contributed by atoms with van der Waals surface area (Å²) in [5.41, 5.74) is 0.254. The minimum Gasteiger partial charge on any atom is -0.467 e. The van der Waals surface area contributed by atoms with Crippen molar-refractivity contribution in [2.75, 3.05) is 19.7 Å². The van der Waals surface area contributed by atoms with Gasteiger partial charge in [-0.3, -0.25) is 0 Å². The topological polar surface area (TPSA) is 58.0 Å². The molecule has 122 valence electrons. The predicted molar refractivity (Wildman–Crippen MR) is 74.1 cm³/mol. The average molecular weight is 317 g/mol. The number of oxime groups is 1. The van der Waals surface area contributed by atoms with E-state index in [1.165, 1.54) is 12.3 Å². The molecule has 0 aromatic carbocycles. The first-order valence-electron chi connectivity index (χ1n) is 7.02. The maximum Gasteiger partial charge on any atom is 0.422 e. The van der Waals surface area contributed by atoms with E-state index in [2.05, 4.69) is 17.1 Å². The Morgan fingerprint density at radius 2 is 2.14 bits per heavy atom. The number of hydrogen-bond donors (Lipinski definition) is 1. The van der Waals surface area contributed by atoms with E-state index in [1.807, 2.05) is 4.90 Å². The number of ether oxygens (including phenoxy) is 1. The molecule has 1 aromatic rings. The van der Waals surface area contributed by atoms with Gasteiger partial charge >= 0.3 is 6.18 Å². The fraction of sp³-hybridized carbons (Fsp3) is 0.571. The van der Waals surface area contributed by atoms with Gasteiger partial charge in [0.25, 0.3) is 0 Å². The van der Waals surface area contributed by atoms with Crippen LogP contribution in [-0.2, 0) is 0 Å². The van der Waals surface area contributed by atoms with Crippen molar-refractivity contribution in [3.8, 4) is 5.88 Å². The van der Waals surface area contributed by atoms with Crippen molar-refractivity contribution >= 4 is 5.84 Å². The molecule has 0 unspecified atom stereocenters. The summed E-state index contributed by atoms with van der Waals surface area (Å²) < 4.78 is 41.7. The summed E-state index contributed by atoms with van der Waals surface area (Å²) in [5.74, 6) is 0.578. The first kappa shape index (κ1) is 16.4. The van der Waals surface area contributed by atoms with Crippen LogP contribution in [0.15, 0.2) is 23.5 Å². The maximum absolute atomic E-state index is 12.3. The second-order valence-electron chi connectivity index (χ2n) is 5.35. The Morgan fingerprint density at radius 3 is 2.73 bits per heavy atom. The highest BCUT2D eigenvalue weighted by Gasteiger charge is 2.30. The Bertz CT molecular complexity index is 526. The molecule has 1 aliphatic heterocycles. The number of rotatable bonds is 3. The molecule has 5 nitrogen and oxygen atoms in total. The van der Waals surface area contributed by atoms with Crippen LogP contribution >= 0.6 is 0 Å². The van der Waals surface area contributed by atoms with Crippen molar-refractivity contribution in [2.45, 2.75) is 25.9 Å². The van der Waals surface area contributed by atoms with Crippen molar-refractivity contribution in [1.29, 1.82) is 0 Å². The molecule has 1 aromatic heterocycles. The molecule has 0 radical (unpaired) electrons. The summed E-state index contributed by atoms with van der Waals surface area (Å²) in [4.78, 5) is 5.65. The Morgan fingerprint density at radius 1 is 1.45 bits per heavy atom. The fourth-order valence-corrected chi connectivity index (χ4v) is 2.33. The van der Waals surface area contributed by atoms with Crippen molar-refractivity contribution in [2.24, 2.45) is 11.1 Å². The number of likely N-dealkylation sites (tertiary alicyclic amines) is 1. The summed E-state index contributed by atoms with van der Waals surface area (Å²) in [6, 6.07) is 3.10. The van der Waals surface area contributed by atoms with Crippen LogP contribution in [0.1, 0.15) is 25.3 Å². The van der Waals surface area contributed by atoms with E-state index >= 15 is 0 Å². The molecule has 0 saturated carbocycles. The summed E-state index contributed by atoms with van der Waals surface area (Å²) in [6.45, 7) is 2.05. The van der Waals surface area contributed by atoms with Gasteiger partial charge in [0.05, 0.1) is 5.56 Å². The SMILES string of the molecule is CC1CCN(/C(=N\O)c2cccnc2OCC(F)(F)F)CC1. The predicted octanol–water partition coefficient (Wildman–Crippen LogP) is 2.89. The lowest BCUT2D eigenvalue weighted by Gasteiger charge is -2.32. The monoisotopic (exact) mass is 317 g/mol. The zero-order valence-electron chi connectivity index (χ0n) is 12.2. The second kappa shape index (κ2) is 6.85. The van der Waals surface area contributed by atoms with Crippen LogP contribution in [0.2, 0.25) is 0 Å². The minimum atomic E-state index is -4.45. The molecular formula is C14H18F3N3O2. The van der Waals surface area contributed by atoms with Gasteiger partial charge in [-0.2, -0.15) is 13.2 Å². The Kier molecular flexibility index (Phi) is 5.10. The highest BCUT2D eigenvalue weighted by atomic mass is 19.4. The number of alkyl halides is 3. The largest absolute Gasteiger partial charge is 0.467 e. The second-order valence-corrected chi connectivity index (χ2v) is 5.35. The zero-order chi connectivity index (χ0) is 16.2. The van der Waals surface area contributed by atoms with E-state index in [1.54, 1.807) is 6.07 Å². The molecule has 0 aliphatic carbocycles. The molecule has 2 rings (SSSR count). The Labute approximate surface area is 126 Å². The molecule has 0 spiro atoms. The zero-order valence-corrected chi connectivity index (χ0v) is 12.2. The number of halogens is 3. The Balaban J connectivity index is 2.19. The average Bonchev–Trinajstić information content (AvgIpc) is 2.48. The number of piperidine rings is 1. The molecule has 0 amide bonds. The number of nitrogens with zero attached hydrogens (tertiary/aromatic N) is 3. The standard InChI is InChI=1S/C14H18F3N3O2/c1-10-4-7-20(8-5-10)12(19-21)11-3-2-6-18-13(11)22-9-14(15,16)17/h2-3,6,10,21H,4-5,7-9H2,1H3/b19-12-. The normalized spacial score (nSPS) is 17.6. The van der Waals surface area contributed by atoms with Crippen LogP contribution in [0.5, 0.6) is 5.88 Å². The van der Waals surface area contributed by atoms with Crippen LogP contribution in [0.4, 0.5) is 13.2 Å². The maximum atomic E-state index is 12.3. The van der Waals surface area contributed by atoms with Gasteiger partial charge in [0.2, 0.25) is 5.88 Å².